The summed E-state index contributed by atoms with van der Waals surface area (Å²) in [5.74, 6) is -0.0816. The molecule has 2 N–H and O–H groups in total. The highest BCUT2D eigenvalue weighted by molar-refractivity contribution is 5.84. The Kier molecular flexibility index (Phi) is 2.90. The minimum atomic E-state index is -0.323. The number of nitrogens with one attached hydrogen (secondary N) is 2. The van der Waals surface area contributed by atoms with E-state index in [1.165, 1.54) is 0 Å². The Balaban J connectivity index is 1.79. The van der Waals surface area contributed by atoms with Crippen molar-refractivity contribution >= 4 is 11.8 Å². The van der Waals surface area contributed by atoms with Crippen molar-refractivity contribution < 1.29 is 14.3 Å². The molecule has 0 aromatic rings. The zero-order chi connectivity index (χ0) is 10.8. The third kappa shape index (κ3) is 2.47. The predicted octanol–water partition coefficient (Wildman–Crippen LogP) is -0.441. The standard InChI is InChI=1S/C10H16N2O3/c1-6-2-3-8(15-6)10(14)12-7-4-9(13)11-5-7/h6-8H,2-5H2,1H3,(H,11,13)(H,12,14). The maximum Gasteiger partial charge on any atom is 0.249 e. The number of hydrogen-bond donors (Lipinski definition) is 2. The largest absolute Gasteiger partial charge is 0.365 e. The Morgan fingerprint density at radius 1 is 1.53 bits per heavy atom. The van der Waals surface area contributed by atoms with E-state index in [4.69, 9.17) is 4.74 Å². The first-order valence-corrected chi connectivity index (χ1v) is 5.37. The Morgan fingerprint density at radius 2 is 2.33 bits per heavy atom. The monoisotopic (exact) mass is 212 g/mol. The van der Waals surface area contributed by atoms with Crippen LogP contribution in [0.15, 0.2) is 0 Å². The number of hydrogen-bond acceptors (Lipinski definition) is 3. The van der Waals surface area contributed by atoms with Crippen LogP contribution < -0.4 is 10.6 Å². The Bertz CT molecular complexity index is 280. The summed E-state index contributed by atoms with van der Waals surface area (Å²) in [6.45, 7) is 2.50. The van der Waals surface area contributed by atoms with E-state index in [1.807, 2.05) is 6.92 Å². The average molecular weight is 212 g/mol. The van der Waals surface area contributed by atoms with E-state index in [9.17, 15) is 9.59 Å². The van der Waals surface area contributed by atoms with Gasteiger partial charge in [0.25, 0.3) is 0 Å². The Labute approximate surface area is 88.5 Å². The highest BCUT2D eigenvalue weighted by Gasteiger charge is 2.31. The van der Waals surface area contributed by atoms with Gasteiger partial charge in [0, 0.05) is 13.0 Å². The maximum atomic E-state index is 11.7. The first-order chi connectivity index (χ1) is 7.15. The predicted molar refractivity (Wildman–Crippen MR) is 53.1 cm³/mol. The van der Waals surface area contributed by atoms with Crippen molar-refractivity contribution in [1.29, 1.82) is 0 Å². The van der Waals surface area contributed by atoms with Crippen molar-refractivity contribution in [3.05, 3.63) is 0 Å². The molecule has 2 saturated heterocycles. The molecule has 2 aliphatic heterocycles. The van der Waals surface area contributed by atoms with Crippen molar-refractivity contribution in [3.63, 3.8) is 0 Å². The van der Waals surface area contributed by atoms with Gasteiger partial charge < -0.3 is 15.4 Å². The number of carbonyl (C=O) groups is 2. The van der Waals surface area contributed by atoms with Crippen LogP contribution in [0.2, 0.25) is 0 Å². The minimum absolute atomic E-state index is 0.000934. The molecule has 0 aliphatic carbocycles. The van der Waals surface area contributed by atoms with Crippen molar-refractivity contribution in [2.24, 2.45) is 0 Å². The topological polar surface area (TPSA) is 67.4 Å². The smallest absolute Gasteiger partial charge is 0.249 e. The van der Waals surface area contributed by atoms with E-state index >= 15 is 0 Å². The van der Waals surface area contributed by atoms with Crippen molar-refractivity contribution in [3.8, 4) is 0 Å². The van der Waals surface area contributed by atoms with E-state index in [0.29, 0.717) is 13.0 Å². The van der Waals surface area contributed by atoms with Crippen molar-refractivity contribution in [1.82, 2.24) is 10.6 Å². The van der Waals surface area contributed by atoms with Crippen LogP contribution in [-0.2, 0) is 14.3 Å². The number of ether oxygens (including phenoxy) is 1. The zero-order valence-electron chi connectivity index (χ0n) is 8.79. The molecule has 0 saturated carbocycles. The Hall–Kier alpha value is -1.10. The van der Waals surface area contributed by atoms with Gasteiger partial charge in [0.15, 0.2) is 0 Å². The van der Waals surface area contributed by atoms with Crippen LogP contribution in [-0.4, -0.2) is 36.6 Å². The van der Waals surface area contributed by atoms with E-state index in [1.54, 1.807) is 0 Å². The van der Waals surface area contributed by atoms with Gasteiger partial charge in [0.1, 0.15) is 6.10 Å². The van der Waals surface area contributed by atoms with Crippen LogP contribution in [0.25, 0.3) is 0 Å². The Morgan fingerprint density at radius 3 is 2.87 bits per heavy atom. The minimum Gasteiger partial charge on any atom is -0.365 e. The lowest BCUT2D eigenvalue weighted by atomic mass is 10.2. The molecule has 3 unspecified atom stereocenters. The molecule has 2 amide bonds. The van der Waals surface area contributed by atoms with Gasteiger partial charge in [0.2, 0.25) is 11.8 Å². The quantitative estimate of drug-likeness (QED) is 0.652. The van der Waals surface area contributed by atoms with Crippen LogP contribution in [0, 0.1) is 0 Å². The van der Waals surface area contributed by atoms with Crippen LogP contribution in [0.1, 0.15) is 26.2 Å². The number of rotatable bonds is 2. The zero-order valence-corrected chi connectivity index (χ0v) is 8.79. The summed E-state index contributed by atoms with van der Waals surface area (Å²) in [4.78, 5) is 22.6. The van der Waals surface area contributed by atoms with E-state index in [0.717, 1.165) is 12.8 Å². The SMILES string of the molecule is CC1CCC(C(=O)NC2CNC(=O)C2)O1. The van der Waals surface area contributed by atoms with Gasteiger partial charge in [-0.2, -0.15) is 0 Å². The first kappa shape index (κ1) is 10.4. The molecule has 15 heavy (non-hydrogen) atoms. The van der Waals surface area contributed by atoms with Gasteiger partial charge >= 0.3 is 0 Å². The molecular formula is C10H16N2O3. The van der Waals surface area contributed by atoms with E-state index in [-0.39, 0.29) is 30.1 Å². The maximum absolute atomic E-state index is 11.7. The van der Waals surface area contributed by atoms with E-state index < -0.39 is 0 Å². The molecule has 84 valence electrons. The lowest BCUT2D eigenvalue weighted by Crippen LogP contribution is -2.42. The van der Waals surface area contributed by atoms with Gasteiger partial charge in [-0.1, -0.05) is 0 Å². The van der Waals surface area contributed by atoms with Gasteiger partial charge in [0.05, 0.1) is 12.1 Å². The van der Waals surface area contributed by atoms with Crippen LogP contribution >= 0.6 is 0 Å². The molecule has 0 bridgehead atoms. The summed E-state index contributed by atoms with van der Waals surface area (Å²) in [5.41, 5.74) is 0. The summed E-state index contributed by atoms with van der Waals surface area (Å²) in [6, 6.07) is -0.0653. The highest BCUT2D eigenvalue weighted by Crippen LogP contribution is 2.19. The summed E-state index contributed by atoms with van der Waals surface area (Å²) in [5, 5.41) is 5.50. The fourth-order valence-corrected chi connectivity index (χ4v) is 2.00. The average Bonchev–Trinajstić information content (AvgIpc) is 2.75. The second-order valence-electron chi connectivity index (χ2n) is 4.23. The molecule has 5 nitrogen and oxygen atoms in total. The molecule has 2 heterocycles. The lowest BCUT2D eigenvalue weighted by Gasteiger charge is -2.15. The summed E-state index contributed by atoms with van der Waals surface area (Å²) < 4.78 is 5.44. The molecule has 0 radical (unpaired) electrons. The van der Waals surface area contributed by atoms with Crippen LogP contribution in [0.5, 0.6) is 0 Å². The second-order valence-corrected chi connectivity index (χ2v) is 4.23. The molecule has 2 fully saturated rings. The van der Waals surface area contributed by atoms with Crippen molar-refractivity contribution in [2.75, 3.05) is 6.54 Å². The van der Waals surface area contributed by atoms with E-state index in [2.05, 4.69) is 10.6 Å². The normalized spacial score (nSPS) is 35.3. The fraction of sp³-hybridized carbons (Fsp3) is 0.800. The van der Waals surface area contributed by atoms with Crippen LogP contribution in [0.4, 0.5) is 0 Å². The molecule has 0 aromatic carbocycles. The number of amides is 2. The van der Waals surface area contributed by atoms with Crippen molar-refractivity contribution in [2.45, 2.75) is 44.4 Å². The molecular weight excluding hydrogens is 196 g/mol. The van der Waals surface area contributed by atoms with Gasteiger partial charge in [-0.3, -0.25) is 9.59 Å². The first-order valence-electron chi connectivity index (χ1n) is 5.37. The molecule has 2 rings (SSSR count). The van der Waals surface area contributed by atoms with Gasteiger partial charge in [-0.25, -0.2) is 0 Å². The highest BCUT2D eigenvalue weighted by atomic mass is 16.5. The molecule has 0 spiro atoms. The molecule has 2 aliphatic rings. The molecule has 0 aromatic heterocycles. The molecule has 5 heteroatoms. The lowest BCUT2D eigenvalue weighted by molar-refractivity contribution is -0.132. The fourth-order valence-electron chi connectivity index (χ4n) is 2.00. The van der Waals surface area contributed by atoms with Gasteiger partial charge in [-0.15, -0.1) is 0 Å². The second kappa shape index (κ2) is 4.18. The van der Waals surface area contributed by atoms with Crippen LogP contribution in [0.3, 0.4) is 0 Å². The number of carbonyl (C=O) groups excluding carboxylic acids is 2. The third-order valence-electron chi connectivity index (χ3n) is 2.85. The third-order valence-corrected chi connectivity index (χ3v) is 2.85. The summed E-state index contributed by atoms with van der Waals surface area (Å²) in [7, 11) is 0. The van der Waals surface area contributed by atoms with Gasteiger partial charge in [-0.05, 0) is 19.8 Å². The summed E-state index contributed by atoms with van der Waals surface area (Å²) in [6.07, 6.45) is 1.94. The summed E-state index contributed by atoms with van der Waals surface area (Å²) >= 11 is 0. The molecule has 3 atom stereocenters.